The van der Waals surface area contributed by atoms with Crippen LogP contribution in [0.25, 0.3) is 10.2 Å². The van der Waals surface area contributed by atoms with Crippen LogP contribution in [-0.4, -0.2) is 15.5 Å². The van der Waals surface area contributed by atoms with E-state index in [2.05, 4.69) is 4.98 Å². The van der Waals surface area contributed by atoms with E-state index in [4.69, 9.17) is 12.2 Å². The van der Waals surface area contributed by atoms with E-state index in [0.717, 1.165) is 35.8 Å². The Morgan fingerprint density at radius 3 is 2.79 bits per heavy atom. The average molecular weight is 360 g/mol. The van der Waals surface area contributed by atoms with Gasteiger partial charge in [0.25, 0.3) is 11.5 Å². The third-order valence-electron chi connectivity index (χ3n) is 4.32. The van der Waals surface area contributed by atoms with Crippen molar-refractivity contribution < 1.29 is 9.18 Å². The third-order valence-corrected chi connectivity index (χ3v) is 5.81. The summed E-state index contributed by atoms with van der Waals surface area (Å²) in [6.45, 7) is 0. The number of halogens is 1. The molecule has 0 unspecified atom stereocenters. The van der Waals surface area contributed by atoms with Gasteiger partial charge in [-0.05, 0) is 55.6 Å². The smallest absolute Gasteiger partial charge is 0.270 e. The molecule has 0 fully saturated rings. The number of H-pyrrole nitrogens is 1. The average Bonchev–Trinajstić information content (AvgIpc) is 2.93. The summed E-state index contributed by atoms with van der Waals surface area (Å²) in [4.78, 5) is 30.5. The Balaban J connectivity index is 2.00. The van der Waals surface area contributed by atoms with Crippen molar-refractivity contribution in [2.24, 2.45) is 0 Å². The monoisotopic (exact) mass is 360 g/mol. The summed E-state index contributed by atoms with van der Waals surface area (Å²) in [7, 11) is 0. The lowest BCUT2D eigenvalue weighted by atomic mass is 9.97. The summed E-state index contributed by atoms with van der Waals surface area (Å²) in [5.74, 6) is -1.41. The third kappa shape index (κ3) is 2.27. The highest BCUT2D eigenvalue weighted by Crippen LogP contribution is 2.33. The van der Waals surface area contributed by atoms with Gasteiger partial charge in [0, 0.05) is 4.88 Å². The Labute approximate surface area is 145 Å². The molecule has 0 bridgehead atoms. The molecule has 0 saturated carbocycles. The first kappa shape index (κ1) is 15.4. The van der Waals surface area contributed by atoms with Crippen LogP contribution in [0.4, 0.5) is 4.39 Å². The first-order valence-corrected chi connectivity index (χ1v) is 8.89. The second kappa shape index (κ2) is 5.75. The fraction of sp³-hybridized carbons (Fsp3) is 0.235. The SMILES string of the molecule is O=C(c1ccccc1F)n1c(=S)[nH]c2sc3c(c2c1=O)CCCC3. The molecule has 0 atom stereocenters. The van der Waals surface area contributed by atoms with Crippen molar-refractivity contribution in [3.05, 3.63) is 61.2 Å². The fourth-order valence-corrected chi connectivity index (χ4v) is 4.79. The van der Waals surface area contributed by atoms with Crippen LogP contribution in [0.1, 0.15) is 33.6 Å². The van der Waals surface area contributed by atoms with Crippen LogP contribution in [-0.2, 0) is 12.8 Å². The van der Waals surface area contributed by atoms with Crippen LogP contribution >= 0.6 is 23.6 Å². The topological polar surface area (TPSA) is 54.9 Å². The number of fused-ring (bicyclic) bond motifs is 3. The summed E-state index contributed by atoms with van der Waals surface area (Å²) in [5.41, 5.74) is 0.386. The largest absolute Gasteiger partial charge is 0.323 e. The van der Waals surface area contributed by atoms with Gasteiger partial charge in [-0.3, -0.25) is 9.59 Å². The zero-order chi connectivity index (χ0) is 16.8. The van der Waals surface area contributed by atoms with E-state index in [1.165, 1.54) is 34.4 Å². The molecule has 0 radical (unpaired) electrons. The van der Waals surface area contributed by atoms with Gasteiger partial charge < -0.3 is 4.98 Å². The molecule has 1 aromatic carbocycles. The molecule has 0 spiro atoms. The first-order valence-electron chi connectivity index (χ1n) is 7.66. The molecule has 4 nitrogen and oxygen atoms in total. The number of rotatable bonds is 1. The molecule has 2 aromatic heterocycles. The number of benzene rings is 1. The summed E-state index contributed by atoms with van der Waals surface area (Å²) in [6, 6.07) is 5.59. The Morgan fingerprint density at radius 1 is 1.25 bits per heavy atom. The lowest BCUT2D eigenvalue weighted by Gasteiger charge is -2.10. The molecule has 3 aromatic rings. The second-order valence-electron chi connectivity index (χ2n) is 5.77. The van der Waals surface area contributed by atoms with E-state index in [1.807, 2.05) is 0 Å². The van der Waals surface area contributed by atoms with Gasteiger partial charge in [0.15, 0.2) is 4.77 Å². The molecule has 7 heteroatoms. The van der Waals surface area contributed by atoms with Crippen molar-refractivity contribution in [1.29, 1.82) is 0 Å². The Morgan fingerprint density at radius 2 is 2.00 bits per heavy atom. The van der Waals surface area contributed by atoms with Crippen molar-refractivity contribution in [2.75, 3.05) is 0 Å². The van der Waals surface area contributed by atoms with Crippen LogP contribution in [0.3, 0.4) is 0 Å². The van der Waals surface area contributed by atoms with Crippen molar-refractivity contribution in [1.82, 2.24) is 9.55 Å². The number of hydrogen-bond donors (Lipinski definition) is 1. The highest BCUT2D eigenvalue weighted by molar-refractivity contribution is 7.71. The minimum absolute atomic E-state index is 0.000602. The molecular weight excluding hydrogens is 347 g/mol. The van der Waals surface area contributed by atoms with Crippen LogP contribution in [0, 0.1) is 10.6 Å². The van der Waals surface area contributed by atoms with Crippen LogP contribution < -0.4 is 5.56 Å². The van der Waals surface area contributed by atoms with Gasteiger partial charge in [-0.15, -0.1) is 11.3 Å². The first-order chi connectivity index (χ1) is 11.6. The number of aryl methyl sites for hydroxylation is 2. The zero-order valence-electron chi connectivity index (χ0n) is 12.6. The maximum atomic E-state index is 13.9. The van der Waals surface area contributed by atoms with Crippen molar-refractivity contribution >= 4 is 39.7 Å². The quantitative estimate of drug-likeness (QED) is 0.671. The van der Waals surface area contributed by atoms with Crippen molar-refractivity contribution in [3.8, 4) is 0 Å². The number of carbonyl (C=O) groups excluding carboxylic acids is 1. The predicted octanol–water partition coefficient (Wildman–Crippen LogP) is 3.83. The van der Waals surface area contributed by atoms with Gasteiger partial charge in [0.1, 0.15) is 10.6 Å². The molecule has 0 amide bonds. The molecular formula is C17H13FN2O2S2. The molecule has 1 aliphatic carbocycles. The summed E-state index contributed by atoms with van der Waals surface area (Å²) in [6.07, 6.45) is 3.89. The van der Waals surface area contributed by atoms with Gasteiger partial charge in [0.05, 0.1) is 10.9 Å². The number of nitrogens with zero attached hydrogens (tertiary/aromatic N) is 1. The lowest BCUT2D eigenvalue weighted by molar-refractivity contribution is 0.0949. The fourth-order valence-electron chi connectivity index (χ4n) is 3.18. The number of nitrogens with one attached hydrogen (secondary N) is 1. The number of thiophene rings is 1. The van der Waals surface area contributed by atoms with Crippen LogP contribution in [0.2, 0.25) is 0 Å². The Bertz CT molecular complexity index is 1090. The van der Waals surface area contributed by atoms with Crippen LogP contribution in [0.15, 0.2) is 29.1 Å². The number of aromatic amines is 1. The molecule has 24 heavy (non-hydrogen) atoms. The zero-order valence-corrected chi connectivity index (χ0v) is 14.2. The summed E-state index contributed by atoms with van der Waals surface area (Å²) >= 11 is 6.72. The summed E-state index contributed by atoms with van der Waals surface area (Å²) in [5, 5.41) is 0.521. The molecule has 0 saturated heterocycles. The van der Waals surface area contributed by atoms with Gasteiger partial charge in [-0.1, -0.05) is 12.1 Å². The van der Waals surface area contributed by atoms with E-state index in [9.17, 15) is 14.0 Å². The molecule has 122 valence electrons. The minimum atomic E-state index is -0.739. The standard InChI is InChI=1S/C17H13FN2O2S2/c18-11-7-3-1-5-9(11)15(21)20-16(22)13-10-6-2-4-8-12(10)24-14(13)19-17(20)23/h1,3,5,7H,2,4,6,8H2,(H,19,23). The minimum Gasteiger partial charge on any atom is -0.323 e. The second-order valence-corrected chi connectivity index (χ2v) is 7.26. The van der Waals surface area contributed by atoms with E-state index >= 15 is 0 Å². The van der Waals surface area contributed by atoms with E-state index < -0.39 is 17.3 Å². The van der Waals surface area contributed by atoms with Crippen molar-refractivity contribution in [2.45, 2.75) is 25.7 Å². The molecule has 4 rings (SSSR count). The summed E-state index contributed by atoms with van der Waals surface area (Å²) < 4.78 is 14.8. The van der Waals surface area contributed by atoms with E-state index in [1.54, 1.807) is 6.07 Å². The maximum Gasteiger partial charge on any atom is 0.270 e. The lowest BCUT2D eigenvalue weighted by Crippen LogP contribution is -2.29. The molecule has 1 aliphatic rings. The number of aromatic nitrogens is 2. The molecule has 0 aliphatic heterocycles. The molecule has 2 heterocycles. The van der Waals surface area contributed by atoms with Crippen LogP contribution in [0.5, 0.6) is 0 Å². The van der Waals surface area contributed by atoms with Gasteiger partial charge in [-0.25, -0.2) is 8.96 Å². The number of hydrogen-bond acceptors (Lipinski definition) is 4. The predicted molar refractivity (Wildman–Crippen MR) is 94.0 cm³/mol. The van der Waals surface area contributed by atoms with E-state index in [0.29, 0.717) is 10.2 Å². The Kier molecular flexibility index (Phi) is 3.69. The normalized spacial score (nSPS) is 13.9. The van der Waals surface area contributed by atoms with Gasteiger partial charge in [-0.2, -0.15) is 0 Å². The van der Waals surface area contributed by atoms with Crippen molar-refractivity contribution in [3.63, 3.8) is 0 Å². The Hall–Kier alpha value is -2.12. The van der Waals surface area contributed by atoms with Gasteiger partial charge >= 0.3 is 0 Å². The highest BCUT2D eigenvalue weighted by Gasteiger charge is 2.23. The number of carbonyl (C=O) groups is 1. The molecule has 1 N–H and O–H groups in total. The maximum absolute atomic E-state index is 13.9. The van der Waals surface area contributed by atoms with E-state index in [-0.39, 0.29) is 10.3 Å². The van der Waals surface area contributed by atoms with Gasteiger partial charge in [0.2, 0.25) is 0 Å². The highest BCUT2D eigenvalue weighted by atomic mass is 32.1.